The van der Waals surface area contributed by atoms with Gasteiger partial charge in [0.05, 0.1) is 7.11 Å². The molecule has 0 unspecified atom stereocenters. The highest BCUT2D eigenvalue weighted by molar-refractivity contribution is 5.86. The zero-order chi connectivity index (χ0) is 24.9. The Morgan fingerprint density at radius 2 is 1.56 bits per heavy atom. The van der Waals surface area contributed by atoms with Crippen molar-refractivity contribution in [1.82, 2.24) is 4.57 Å². The summed E-state index contributed by atoms with van der Waals surface area (Å²) in [5.74, 6) is 1.76. The summed E-state index contributed by atoms with van der Waals surface area (Å²) < 4.78 is 13.6. The van der Waals surface area contributed by atoms with Gasteiger partial charge in [0.15, 0.2) is 0 Å². The van der Waals surface area contributed by atoms with Crippen molar-refractivity contribution < 1.29 is 14.3 Å². The van der Waals surface area contributed by atoms with Gasteiger partial charge in [-0.1, -0.05) is 60.7 Å². The van der Waals surface area contributed by atoms with E-state index in [1.54, 1.807) is 7.11 Å². The lowest BCUT2D eigenvalue weighted by atomic mass is 9.88. The standard InChI is InChI=1S/C31H28N2O3/c1-35-24-16-14-22(15-17-24)20-33-21-29(27-12-5-6-13-30(27)33)28(19-31(32)34)23-8-7-11-26(18-23)36-25-9-3-2-4-10-25/h2-18,21,28H,19-20H2,1H3,(H2,32,34)/t28-/m1/s1. The molecule has 5 aromatic rings. The zero-order valence-electron chi connectivity index (χ0n) is 20.1. The fourth-order valence-electron chi connectivity index (χ4n) is 4.64. The number of rotatable bonds is 9. The van der Waals surface area contributed by atoms with Crippen molar-refractivity contribution >= 4 is 16.8 Å². The van der Waals surface area contributed by atoms with Gasteiger partial charge < -0.3 is 19.8 Å². The second-order valence-electron chi connectivity index (χ2n) is 8.79. The molecule has 180 valence electrons. The molecule has 4 aromatic carbocycles. The smallest absolute Gasteiger partial charge is 0.218 e. The van der Waals surface area contributed by atoms with Gasteiger partial charge in [-0.2, -0.15) is 0 Å². The second kappa shape index (κ2) is 10.4. The van der Waals surface area contributed by atoms with Gasteiger partial charge in [-0.15, -0.1) is 0 Å². The number of aromatic nitrogens is 1. The molecule has 0 aliphatic heterocycles. The molecule has 0 aliphatic rings. The van der Waals surface area contributed by atoms with Crippen molar-refractivity contribution in [3.05, 3.63) is 126 Å². The zero-order valence-corrected chi connectivity index (χ0v) is 20.1. The first kappa shape index (κ1) is 23.2. The maximum Gasteiger partial charge on any atom is 0.218 e. The average molecular weight is 477 g/mol. The molecular formula is C31H28N2O3. The lowest BCUT2D eigenvalue weighted by molar-refractivity contribution is -0.118. The summed E-state index contributed by atoms with van der Waals surface area (Å²) in [6, 6.07) is 33.9. The first-order valence-corrected chi connectivity index (χ1v) is 11.9. The summed E-state index contributed by atoms with van der Waals surface area (Å²) in [4.78, 5) is 12.2. The van der Waals surface area contributed by atoms with Crippen molar-refractivity contribution in [3.63, 3.8) is 0 Å². The third-order valence-electron chi connectivity index (χ3n) is 6.35. The van der Waals surface area contributed by atoms with E-state index < -0.39 is 0 Å². The Morgan fingerprint density at radius 1 is 0.833 bits per heavy atom. The van der Waals surface area contributed by atoms with Crippen LogP contribution in [0.25, 0.3) is 10.9 Å². The summed E-state index contributed by atoms with van der Waals surface area (Å²) in [7, 11) is 1.67. The first-order chi connectivity index (χ1) is 17.6. The number of amides is 1. The predicted molar refractivity (Wildman–Crippen MR) is 143 cm³/mol. The van der Waals surface area contributed by atoms with Gasteiger partial charge in [0.1, 0.15) is 17.2 Å². The van der Waals surface area contributed by atoms with Crippen LogP contribution in [0.1, 0.15) is 29.0 Å². The van der Waals surface area contributed by atoms with E-state index in [2.05, 4.69) is 35.0 Å². The molecule has 0 aliphatic carbocycles. The Bertz CT molecular complexity index is 1470. The van der Waals surface area contributed by atoms with E-state index in [4.69, 9.17) is 15.2 Å². The number of hydrogen-bond donors (Lipinski definition) is 1. The lowest BCUT2D eigenvalue weighted by Crippen LogP contribution is -2.16. The molecule has 0 fully saturated rings. The molecule has 1 amide bonds. The Hall–Kier alpha value is -4.51. The van der Waals surface area contributed by atoms with Gasteiger partial charge in [-0.25, -0.2) is 0 Å². The second-order valence-corrected chi connectivity index (χ2v) is 8.79. The van der Waals surface area contributed by atoms with Gasteiger partial charge in [0.25, 0.3) is 0 Å². The number of nitrogens with zero attached hydrogens (tertiary/aromatic N) is 1. The molecular weight excluding hydrogens is 448 g/mol. The number of carbonyl (C=O) groups excluding carboxylic acids is 1. The number of methoxy groups -OCH3 is 1. The molecule has 1 heterocycles. The van der Waals surface area contributed by atoms with Crippen LogP contribution in [0.4, 0.5) is 0 Å². The van der Waals surface area contributed by atoms with Gasteiger partial charge in [0, 0.05) is 36.0 Å². The fraction of sp³-hybridized carbons (Fsp3) is 0.129. The summed E-state index contributed by atoms with van der Waals surface area (Å²) in [5, 5.41) is 1.10. The van der Waals surface area contributed by atoms with Crippen LogP contribution in [0, 0.1) is 0 Å². The van der Waals surface area contributed by atoms with Crippen molar-refractivity contribution in [1.29, 1.82) is 0 Å². The summed E-state index contributed by atoms with van der Waals surface area (Å²) in [5.41, 5.74) is 10.1. The van der Waals surface area contributed by atoms with Crippen LogP contribution in [0.15, 0.2) is 109 Å². The highest BCUT2D eigenvalue weighted by Gasteiger charge is 2.22. The van der Waals surface area contributed by atoms with Crippen molar-refractivity contribution in [2.24, 2.45) is 5.73 Å². The van der Waals surface area contributed by atoms with Crippen molar-refractivity contribution in [2.75, 3.05) is 7.11 Å². The predicted octanol–water partition coefficient (Wildman–Crippen LogP) is 6.50. The molecule has 0 saturated carbocycles. The highest BCUT2D eigenvalue weighted by atomic mass is 16.5. The van der Waals surface area contributed by atoms with Crippen LogP contribution in [-0.2, 0) is 11.3 Å². The van der Waals surface area contributed by atoms with E-state index in [0.29, 0.717) is 6.54 Å². The quantitative estimate of drug-likeness (QED) is 0.264. The van der Waals surface area contributed by atoms with Crippen LogP contribution < -0.4 is 15.2 Å². The van der Waals surface area contributed by atoms with Gasteiger partial charge in [-0.3, -0.25) is 4.79 Å². The van der Waals surface area contributed by atoms with Crippen LogP contribution in [0.3, 0.4) is 0 Å². The Labute approximate surface area is 210 Å². The third kappa shape index (κ3) is 5.10. The van der Waals surface area contributed by atoms with Gasteiger partial charge in [0.2, 0.25) is 5.91 Å². The SMILES string of the molecule is COc1ccc(Cn2cc([C@H](CC(N)=O)c3cccc(Oc4ccccc4)c3)c3ccccc32)cc1. The summed E-state index contributed by atoms with van der Waals surface area (Å²) >= 11 is 0. The van der Waals surface area contributed by atoms with E-state index in [1.165, 1.54) is 0 Å². The minimum Gasteiger partial charge on any atom is -0.497 e. The number of nitrogens with two attached hydrogens (primary N) is 1. The van der Waals surface area contributed by atoms with Crippen molar-refractivity contribution in [3.8, 4) is 17.2 Å². The van der Waals surface area contributed by atoms with E-state index in [9.17, 15) is 4.79 Å². The van der Waals surface area contributed by atoms with Crippen LogP contribution >= 0.6 is 0 Å². The van der Waals surface area contributed by atoms with Crippen molar-refractivity contribution in [2.45, 2.75) is 18.9 Å². The topological polar surface area (TPSA) is 66.5 Å². The normalized spacial score (nSPS) is 11.8. The van der Waals surface area contributed by atoms with Crippen LogP contribution in [0.5, 0.6) is 17.2 Å². The highest BCUT2D eigenvalue weighted by Crippen LogP contribution is 2.36. The summed E-state index contributed by atoms with van der Waals surface area (Å²) in [6.07, 6.45) is 2.35. The summed E-state index contributed by atoms with van der Waals surface area (Å²) in [6.45, 7) is 0.699. The number of hydrogen-bond acceptors (Lipinski definition) is 3. The number of ether oxygens (including phenoxy) is 2. The number of carbonyl (C=O) groups is 1. The number of primary amides is 1. The Kier molecular flexibility index (Phi) is 6.72. The third-order valence-corrected chi connectivity index (χ3v) is 6.35. The molecule has 0 radical (unpaired) electrons. The van der Waals surface area contributed by atoms with E-state index in [-0.39, 0.29) is 18.2 Å². The van der Waals surface area contributed by atoms with Gasteiger partial charge >= 0.3 is 0 Å². The number of para-hydroxylation sites is 2. The van der Waals surface area contributed by atoms with Gasteiger partial charge in [-0.05, 0) is 59.2 Å². The Balaban J connectivity index is 1.54. The average Bonchev–Trinajstić information content (AvgIpc) is 3.26. The maximum absolute atomic E-state index is 12.2. The minimum absolute atomic E-state index is 0.200. The number of benzene rings is 4. The molecule has 0 saturated heterocycles. The molecule has 5 heteroatoms. The first-order valence-electron chi connectivity index (χ1n) is 11.9. The molecule has 0 bridgehead atoms. The Morgan fingerprint density at radius 3 is 2.31 bits per heavy atom. The molecule has 1 atom stereocenters. The number of fused-ring (bicyclic) bond motifs is 1. The molecule has 1 aromatic heterocycles. The van der Waals surface area contributed by atoms with Crippen LogP contribution in [0.2, 0.25) is 0 Å². The van der Waals surface area contributed by atoms with E-state index >= 15 is 0 Å². The minimum atomic E-state index is -0.346. The monoisotopic (exact) mass is 476 g/mol. The van der Waals surface area contributed by atoms with E-state index in [0.717, 1.165) is 44.8 Å². The molecule has 2 N–H and O–H groups in total. The van der Waals surface area contributed by atoms with Crippen LogP contribution in [-0.4, -0.2) is 17.6 Å². The largest absolute Gasteiger partial charge is 0.497 e. The molecule has 5 nitrogen and oxygen atoms in total. The van der Waals surface area contributed by atoms with E-state index in [1.807, 2.05) is 78.9 Å². The molecule has 36 heavy (non-hydrogen) atoms. The molecule has 0 spiro atoms. The maximum atomic E-state index is 12.2. The fourth-order valence-corrected chi connectivity index (χ4v) is 4.64. The lowest BCUT2D eigenvalue weighted by Gasteiger charge is -2.17. The molecule has 5 rings (SSSR count).